The van der Waals surface area contributed by atoms with E-state index >= 15 is 0 Å². The van der Waals surface area contributed by atoms with Gasteiger partial charge in [0.1, 0.15) is 5.52 Å². The molecule has 0 amide bonds. The van der Waals surface area contributed by atoms with Crippen LogP contribution >= 0.6 is 0 Å². The SMILES string of the molecule is c1ccc(-c2nc3c(-c4ccc(-c5ccc(N(c6ccc(-c7cc8ccccc8c8ccccc78)cc6)c6ccccc6-c6ccccc6)cc5)cc4)cc4ccccc4c3o2)cc1. The second-order valence-corrected chi connectivity index (χ2v) is 16.3. The number of oxazole rings is 1. The second kappa shape index (κ2) is 15.7. The van der Waals surface area contributed by atoms with E-state index in [4.69, 9.17) is 9.40 Å². The van der Waals surface area contributed by atoms with Gasteiger partial charge >= 0.3 is 0 Å². The van der Waals surface area contributed by atoms with Crippen molar-refractivity contribution in [2.24, 2.45) is 0 Å². The Bertz CT molecular complexity index is 3630. The predicted molar refractivity (Wildman–Crippen MR) is 268 cm³/mol. The maximum absolute atomic E-state index is 6.49. The van der Waals surface area contributed by atoms with Crippen LogP contribution in [0.2, 0.25) is 0 Å². The van der Waals surface area contributed by atoms with Gasteiger partial charge in [-0.2, -0.15) is 0 Å². The number of benzene rings is 11. The van der Waals surface area contributed by atoms with Crippen LogP contribution in [0, 0.1) is 0 Å². The van der Waals surface area contributed by atoms with Gasteiger partial charge in [-0.3, -0.25) is 0 Å². The molecule has 3 nitrogen and oxygen atoms in total. The summed E-state index contributed by atoms with van der Waals surface area (Å²) in [6.07, 6.45) is 0. The molecular formula is C61H40N2O. The molecule has 0 unspecified atom stereocenters. The monoisotopic (exact) mass is 816 g/mol. The first-order valence-electron chi connectivity index (χ1n) is 21.8. The summed E-state index contributed by atoms with van der Waals surface area (Å²) in [5, 5.41) is 7.22. The number of aromatic nitrogens is 1. The fraction of sp³-hybridized carbons (Fsp3) is 0. The van der Waals surface area contributed by atoms with E-state index in [1.165, 1.54) is 38.2 Å². The Hall–Kier alpha value is -8.53. The zero-order valence-corrected chi connectivity index (χ0v) is 34.9. The van der Waals surface area contributed by atoms with Gasteiger partial charge in [0.25, 0.3) is 0 Å². The Morgan fingerprint density at radius 1 is 0.312 bits per heavy atom. The first kappa shape index (κ1) is 37.2. The number of hydrogen-bond acceptors (Lipinski definition) is 3. The number of fused-ring (bicyclic) bond motifs is 6. The molecule has 0 atom stereocenters. The first-order chi connectivity index (χ1) is 31.7. The normalized spacial score (nSPS) is 11.4. The molecule has 0 radical (unpaired) electrons. The van der Waals surface area contributed by atoms with E-state index in [9.17, 15) is 0 Å². The molecule has 0 aliphatic heterocycles. The average molecular weight is 817 g/mol. The molecule has 12 rings (SSSR count). The van der Waals surface area contributed by atoms with Crippen molar-refractivity contribution in [2.45, 2.75) is 0 Å². The van der Waals surface area contributed by atoms with Gasteiger partial charge in [-0.25, -0.2) is 4.98 Å². The lowest BCUT2D eigenvalue weighted by Crippen LogP contribution is -2.11. The molecule has 0 bridgehead atoms. The van der Waals surface area contributed by atoms with Crippen LogP contribution in [-0.4, -0.2) is 4.98 Å². The number of rotatable bonds is 8. The predicted octanol–water partition coefficient (Wildman–Crippen LogP) is 17.1. The minimum atomic E-state index is 0.625. The zero-order chi connectivity index (χ0) is 42.4. The van der Waals surface area contributed by atoms with Crippen molar-refractivity contribution in [3.8, 4) is 56.0 Å². The van der Waals surface area contributed by atoms with E-state index in [2.05, 4.69) is 217 Å². The third kappa shape index (κ3) is 6.59. The fourth-order valence-corrected chi connectivity index (χ4v) is 9.35. The van der Waals surface area contributed by atoms with Crippen molar-refractivity contribution >= 4 is 60.5 Å². The van der Waals surface area contributed by atoms with Crippen molar-refractivity contribution in [1.82, 2.24) is 4.98 Å². The van der Waals surface area contributed by atoms with Crippen LogP contribution < -0.4 is 4.90 Å². The molecule has 1 aromatic heterocycles. The van der Waals surface area contributed by atoms with E-state index in [0.717, 1.165) is 72.3 Å². The fourth-order valence-electron chi connectivity index (χ4n) is 9.35. The lowest BCUT2D eigenvalue weighted by Gasteiger charge is -2.28. The van der Waals surface area contributed by atoms with Crippen molar-refractivity contribution in [3.63, 3.8) is 0 Å². The van der Waals surface area contributed by atoms with Crippen LogP contribution in [-0.2, 0) is 0 Å². The highest BCUT2D eigenvalue weighted by Gasteiger charge is 2.20. The van der Waals surface area contributed by atoms with Crippen molar-refractivity contribution in [1.29, 1.82) is 0 Å². The molecule has 0 saturated carbocycles. The van der Waals surface area contributed by atoms with E-state index in [-0.39, 0.29) is 0 Å². The largest absolute Gasteiger partial charge is 0.435 e. The molecule has 0 saturated heterocycles. The van der Waals surface area contributed by atoms with E-state index < -0.39 is 0 Å². The van der Waals surface area contributed by atoms with Crippen LogP contribution in [0.3, 0.4) is 0 Å². The molecule has 300 valence electrons. The van der Waals surface area contributed by atoms with Crippen LogP contribution in [0.25, 0.3) is 99.4 Å². The molecule has 3 heteroatoms. The number of anilines is 3. The summed E-state index contributed by atoms with van der Waals surface area (Å²) < 4.78 is 6.49. The van der Waals surface area contributed by atoms with Gasteiger partial charge in [0.2, 0.25) is 5.89 Å². The van der Waals surface area contributed by atoms with Gasteiger partial charge in [0, 0.05) is 33.5 Å². The molecule has 0 fully saturated rings. The molecule has 0 N–H and O–H groups in total. The standard InChI is InChI=1S/C61H40N2O/c1-3-15-43(16-4-1)52-22-13-14-26-58(52)63(50-37-33-44(34-38-50)56-39-47-19-7-9-21-51(47)54-24-11-12-25-55(54)56)49-35-31-42(32-36-49)41-27-29-45(30-28-41)57-40-48-20-8-10-23-53(48)60-59(57)62-61(64-60)46-17-5-2-6-18-46/h1-40H. The van der Waals surface area contributed by atoms with Gasteiger partial charge in [0.15, 0.2) is 5.58 Å². The molecule has 12 aromatic rings. The van der Waals surface area contributed by atoms with Gasteiger partial charge in [-0.1, -0.05) is 188 Å². The lowest BCUT2D eigenvalue weighted by molar-refractivity contribution is 0.623. The summed E-state index contributed by atoms with van der Waals surface area (Å²) in [6.45, 7) is 0. The Labute approximate surface area is 371 Å². The van der Waals surface area contributed by atoms with Crippen molar-refractivity contribution in [2.75, 3.05) is 4.90 Å². The van der Waals surface area contributed by atoms with Crippen LogP contribution in [0.5, 0.6) is 0 Å². The third-order valence-electron chi connectivity index (χ3n) is 12.5. The van der Waals surface area contributed by atoms with Crippen LogP contribution in [0.15, 0.2) is 247 Å². The minimum absolute atomic E-state index is 0.625. The first-order valence-corrected chi connectivity index (χ1v) is 21.8. The Kier molecular flexibility index (Phi) is 9.16. The third-order valence-corrected chi connectivity index (χ3v) is 12.5. The zero-order valence-electron chi connectivity index (χ0n) is 34.9. The second-order valence-electron chi connectivity index (χ2n) is 16.3. The lowest BCUT2D eigenvalue weighted by atomic mass is 9.93. The summed E-state index contributed by atoms with van der Waals surface area (Å²) in [5.41, 5.74) is 15.1. The topological polar surface area (TPSA) is 29.3 Å². The Morgan fingerprint density at radius 3 is 1.45 bits per heavy atom. The molecule has 1 heterocycles. The maximum atomic E-state index is 6.49. The van der Waals surface area contributed by atoms with E-state index in [1.54, 1.807) is 0 Å². The number of hydrogen-bond donors (Lipinski definition) is 0. The highest BCUT2D eigenvalue weighted by molar-refractivity contribution is 6.14. The van der Waals surface area contributed by atoms with Gasteiger partial charge in [0.05, 0.1) is 5.69 Å². The molecule has 64 heavy (non-hydrogen) atoms. The molecule has 0 spiro atoms. The van der Waals surface area contributed by atoms with Gasteiger partial charge < -0.3 is 9.32 Å². The summed E-state index contributed by atoms with van der Waals surface area (Å²) in [4.78, 5) is 7.44. The average Bonchev–Trinajstić information content (AvgIpc) is 3.84. The van der Waals surface area contributed by atoms with Crippen molar-refractivity contribution < 1.29 is 4.42 Å². The Morgan fingerprint density at radius 2 is 0.766 bits per heavy atom. The summed E-state index contributed by atoms with van der Waals surface area (Å²) in [5.74, 6) is 0.625. The summed E-state index contributed by atoms with van der Waals surface area (Å²) >= 11 is 0. The quantitative estimate of drug-likeness (QED) is 0.143. The maximum Gasteiger partial charge on any atom is 0.227 e. The Balaban J connectivity index is 0.918. The number of para-hydroxylation sites is 1. The minimum Gasteiger partial charge on any atom is -0.435 e. The highest BCUT2D eigenvalue weighted by Crippen LogP contribution is 2.43. The smallest absolute Gasteiger partial charge is 0.227 e. The number of nitrogens with zero attached hydrogens (tertiary/aromatic N) is 2. The van der Waals surface area contributed by atoms with Crippen molar-refractivity contribution in [3.05, 3.63) is 243 Å². The molecule has 0 aliphatic carbocycles. The highest BCUT2D eigenvalue weighted by atomic mass is 16.3. The molecule has 0 aliphatic rings. The molecular weight excluding hydrogens is 777 g/mol. The molecule has 11 aromatic carbocycles. The van der Waals surface area contributed by atoms with Gasteiger partial charge in [-0.15, -0.1) is 0 Å². The van der Waals surface area contributed by atoms with Crippen LogP contribution in [0.4, 0.5) is 17.1 Å². The van der Waals surface area contributed by atoms with Gasteiger partial charge in [-0.05, 0) is 115 Å². The van der Waals surface area contributed by atoms with E-state index in [1.807, 2.05) is 30.3 Å². The van der Waals surface area contributed by atoms with E-state index in [0.29, 0.717) is 5.89 Å². The summed E-state index contributed by atoms with van der Waals surface area (Å²) in [7, 11) is 0. The summed E-state index contributed by atoms with van der Waals surface area (Å²) in [6, 6.07) is 86.6. The van der Waals surface area contributed by atoms with Crippen LogP contribution in [0.1, 0.15) is 0 Å².